The maximum absolute atomic E-state index is 12.6. The third kappa shape index (κ3) is 5.08. The van der Waals surface area contributed by atoms with Gasteiger partial charge in [0.2, 0.25) is 11.8 Å². The van der Waals surface area contributed by atoms with Gasteiger partial charge in [-0.2, -0.15) is 0 Å². The van der Waals surface area contributed by atoms with Crippen LogP contribution in [-0.4, -0.2) is 24.4 Å². The van der Waals surface area contributed by atoms with Crippen LogP contribution in [0, 0.1) is 18.8 Å². The van der Waals surface area contributed by atoms with E-state index in [1.165, 1.54) is 16.7 Å². The van der Waals surface area contributed by atoms with Crippen LogP contribution < -0.4 is 16.0 Å². The maximum Gasteiger partial charge on any atom is 0.237 e. The van der Waals surface area contributed by atoms with Gasteiger partial charge in [0.05, 0.1) is 6.04 Å². The monoisotopic (exact) mass is 405 g/mol. The van der Waals surface area contributed by atoms with Crippen LogP contribution in [0.1, 0.15) is 42.4 Å². The van der Waals surface area contributed by atoms with E-state index in [0.717, 1.165) is 44.3 Å². The number of carbonyl (C=O) groups excluding carboxylic acids is 2. The number of aryl methyl sites for hydroxylation is 1. The molecule has 0 aromatic heterocycles. The van der Waals surface area contributed by atoms with Gasteiger partial charge in [0, 0.05) is 24.7 Å². The Kier molecular flexibility index (Phi) is 6.48. The number of rotatable bonds is 5. The first-order valence-electron chi connectivity index (χ1n) is 11.0. The van der Waals surface area contributed by atoms with E-state index in [2.05, 4.69) is 28.1 Å². The molecule has 0 radical (unpaired) electrons. The van der Waals surface area contributed by atoms with Crippen molar-refractivity contribution in [1.29, 1.82) is 0 Å². The third-order valence-corrected chi connectivity index (χ3v) is 6.50. The van der Waals surface area contributed by atoms with Crippen LogP contribution in [0.15, 0.2) is 48.5 Å². The minimum Gasteiger partial charge on any atom is -0.354 e. The average Bonchev–Trinajstić information content (AvgIpc) is 2.79. The van der Waals surface area contributed by atoms with Crippen molar-refractivity contribution in [2.24, 2.45) is 11.8 Å². The Bertz CT molecular complexity index is 886. The second kappa shape index (κ2) is 9.43. The minimum atomic E-state index is -0.156. The molecule has 2 aromatic carbocycles. The summed E-state index contributed by atoms with van der Waals surface area (Å²) in [6.07, 6.45) is 4.47. The highest BCUT2D eigenvalue weighted by atomic mass is 16.2. The van der Waals surface area contributed by atoms with E-state index in [1.807, 2.05) is 43.3 Å². The van der Waals surface area contributed by atoms with Gasteiger partial charge in [-0.15, -0.1) is 0 Å². The number of fused-ring (bicyclic) bond motifs is 1. The molecular formula is C25H31N3O2. The number of amides is 2. The molecule has 1 heterocycles. The molecule has 1 aliphatic carbocycles. The molecule has 1 atom stereocenters. The van der Waals surface area contributed by atoms with Crippen LogP contribution in [0.4, 0.5) is 5.69 Å². The van der Waals surface area contributed by atoms with Gasteiger partial charge in [0.25, 0.3) is 0 Å². The van der Waals surface area contributed by atoms with E-state index in [-0.39, 0.29) is 23.8 Å². The zero-order chi connectivity index (χ0) is 20.9. The Morgan fingerprint density at radius 1 is 0.933 bits per heavy atom. The van der Waals surface area contributed by atoms with Crippen molar-refractivity contribution in [2.75, 3.05) is 11.9 Å². The van der Waals surface area contributed by atoms with Gasteiger partial charge < -0.3 is 16.0 Å². The molecule has 4 rings (SSSR count). The Morgan fingerprint density at radius 3 is 2.37 bits per heavy atom. The molecule has 2 aromatic rings. The number of benzene rings is 2. The lowest BCUT2D eigenvalue weighted by atomic mass is 9.81. The predicted molar refractivity (Wildman–Crippen MR) is 119 cm³/mol. The van der Waals surface area contributed by atoms with Gasteiger partial charge in [0.15, 0.2) is 0 Å². The Labute approximate surface area is 178 Å². The van der Waals surface area contributed by atoms with Gasteiger partial charge in [-0.25, -0.2) is 0 Å². The van der Waals surface area contributed by atoms with E-state index in [0.29, 0.717) is 12.5 Å². The molecule has 5 heteroatoms. The molecule has 30 heavy (non-hydrogen) atoms. The molecule has 0 bridgehead atoms. The lowest BCUT2D eigenvalue weighted by Gasteiger charge is -2.29. The summed E-state index contributed by atoms with van der Waals surface area (Å²) in [5, 5.41) is 9.52. The van der Waals surface area contributed by atoms with E-state index in [4.69, 9.17) is 0 Å². The highest BCUT2D eigenvalue weighted by Gasteiger charge is 2.28. The fourth-order valence-corrected chi connectivity index (χ4v) is 4.52. The standard InChI is InChI=1S/C25H31N3O2/c1-17-6-12-22(13-7-17)28-24(29)19-10-8-18(9-11-19)15-27-25(30)23-14-20-4-2-3-5-21(20)16-26-23/h2-7,12-13,18-19,23,26H,8-11,14-16H2,1H3,(H,27,30)(H,28,29)/t18?,19?,23-/m0/s1. The minimum absolute atomic E-state index is 0.0646. The lowest BCUT2D eigenvalue weighted by molar-refractivity contribution is -0.124. The highest BCUT2D eigenvalue weighted by Crippen LogP contribution is 2.29. The molecule has 1 fully saturated rings. The van der Waals surface area contributed by atoms with E-state index < -0.39 is 0 Å². The molecule has 158 valence electrons. The molecular weight excluding hydrogens is 374 g/mol. The summed E-state index contributed by atoms with van der Waals surface area (Å²) >= 11 is 0. The molecule has 0 unspecified atom stereocenters. The van der Waals surface area contributed by atoms with Crippen molar-refractivity contribution >= 4 is 17.5 Å². The highest BCUT2D eigenvalue weighted by molar-refractivity contribution is 5.92. The molecule has 3 N–H and O–H groups in total. The van der Waals surface area contributed by atoms with Crippen molar-refractivity contribution in [1.82, 2.24) is 10.6 Å². The first-order valence-corrected chi connectivity index (χ1v) is 11.0. The zero-order valence-electron chi connectivity index (χ0n) is 17.6. The fourth-order valence-electron chi connectivity index (χ4n) is 4.52. The average molecular weight is 406 g/mol. The SMILES string of the molecule is Cc1ccc(NC(=O)C2CCC(CNC(=O)[C@@H]3Cc4ccccc4CN3)CC2)cc1. The Morgan fingerprint density at radius 2 is 1.63 bits per heavy atom. The summed E-state index contributed by atoms with van der Waals surface area (Å²) in [6, 6.07) is 16.1. The normalized spacial score (nSPS) is 23.3. The lowest BCUT2D eigenvalue weighted by Crippen LogP contribution is -2.48. The van der Waals surface area contributed by atoms with Crippen molar-refractivity contribution in [3.8, 4) is 0 Å². The summed E-state index contributed by atoms with van der Waals surface area (Å²) in [7, 11) is 0. The molecule has 1 saturated carbocycles. The predicted octanol–water partition coefficient (Wildman–Crippen LogP) is 3.57. The molecule has 1 aliphatic heterocycles. The van der Waals surface area contributed by atoms with Gasteiger partial charge in [0.1, 0.15) is 0 Å². The van der Waals surface area contributed by atoms with Gasteiger partial charge in [-0.05, 0) is 68.2 Å². The molecule has 0 saturated heterocycles. The summed E-state index contributed by atoms with van der Waals surface area (Å²) in [4.78, 5) is 25.2. The van der Waals surface area contributed by atoms with Crippen LogP contribution in [0.5, 0.6) is 0 Å². The van der Waals surface area contributed by atoms with Crippen LogP contribution >= 0.6 is 0 Å². The zero-order valence-corrected chi connectivity index (χ0v) is 17.6. The van der Waals surface area contributed by atoms with Crippen molar-refractivity contribution in [2.45, 2.75) is 51.6 Å². The van der Waals surface area contributed by atoms with Crippen LogP contribution in [0.3, 0.4) is 0 Å². The van der Waals surface area contributed by atoms with E-state index in [9.17, 15) is 9.59 Å². The fraction of sp³-hybridized carbons (Fsp3) is 0.440. The van der Waals surface area contributed by atoms with Crippen LogP contribution in [0.2, 0.25) is 0 Å². The third-order valence-electron chi connectivity index (χ3n) is 6.50. The first-order chi connectivity index (χ1) is 14.6. The van der Waals surface area contributed by atoms with Crippen molar-refractivity contribution in [3.05, 3.63) is 65.2 Å². The Balaban J connectivity index is 1.19. The second-order valence-corrected chi connectivity index (χ2v) is 8.72. The topological polar surface area (TPSA) is 70.2 Å². The summed E-state index contributed by atoms with van der Waals surface area (Å²) in [6.45, 7) is 3.48. The number of anilines is 1. The van der Waals surface area contributed by atoms with Gasteiger partial charge in [-0.3, -0.25) is 9.59 Å². The molecule has 2 amide bonds. The number of hydrogen-bond acceptors (Lipinski definition) is 3. The van der Waals surface area contributed by atoms with E-state index in [1.54, 1.807) is 0 Å². The van der Waals surface area contributed by atoms with Gasteiger partial charge >= 0.3 is 0 Å². The second-order valence-electron chi connectivity index (χ2n) is 8.72. The smallest absolute Gasteiger partial charge is 0.237 e. The summed E-state index contributed by atoms with van der Waals surface area (Å²) in [5.74, 6) is 0.721. The molecule has 2 aliphatic rings. The molecule has 0 spiro atoms. The van der Waals surface area contributed by atoms with Gasteiger partial charge in [-0.1, -0.05) is 42.0 Å². The Hall–Kier alpha value is -2.66. The van der Waals surface area contributed by atoms with Crippen LogP contribution in [-0.2, 0) is 22.6 Å². The van der Waals surface area contributed by atoms with Crippen molar-refractivity contribution in [3.63, 3.8) is 0 Å². The summed E-state index contributed by atoms with van der Waals surface area (Å²) in [5.41, 5.74) is 4.59. The quantitative estimate of drug-likeness (QED) is 0.712. The summed E-state index contributed by atoms with van der Waals surface area (Å²) < 4.78 is 0. The van der Waals surface area contributed by atoms with E-state index >= 15 is 0 Å². The number of nitrogens with one attached hydrogen (secondary N) is 3. The number of carbonyl (C=O) groups is 2. The van der Waals surface area contributed by atoms with Crippen molar-refractivity contribution < 1.29 is 9.59 Å². The van der Waals surface area contributed by atoms with Crippen LogP contribution in [0.25, 0.3) is 0 Å². The number of hydrogen-bond donors (Lipinski definition) is 3. The maximum atomic E-state index is 12.6. The molecule has 5 nitrogen and oxygen atoms in total. The largest absolute Gasteiger partial charge is 0.354 e. The first kappa shape index (κ1) is 20.6.